The number of fused-ring (bicyclic) bond motifs is 2. The fourth-order valence-electron chi connectivity index (χ4n) is 3.53. The van der Waals surface area contributed by atoms with E-state index in [0.29, 0.717) is 26.3 Å². The summed E-state index contributed by atoms with van der Waals surface area (Å²) in [6, 6.07) is 11.0. The van der Waals surface area contributed by atoms with Gasteiger partial charge in [0.15, 0.2) is 11.3 Å². The first-order valence-corrected chi connectivity index (χ1v) is 12.7. The molecule has 0 bridgehead atoms. The van der Waals surface area contributed by atoms with E-state index in [0.717, 1.165) is 27.4 Å². The van der Waals surface area contributed by atoms with Gasteiger partial charge in [-0.15, -0.1) is 5.10 Å². The van der Waals surface area contributed by atoms with E-state index >= 15 is 0 Å². The van der Waals surface area contributed by atoms with Gasteiger partial charge in [0, 0.05) is 31.1 Å². The van der Waals surface area contributed by atoms with Crippen LogP contribution in [0.5, 0.6) is 0 Å². The Morgan fingerprint density at radius 3 is 2.77 bits per heavy atom. The molecule has 0 aromatic heterocycles. The molecule has 0 saturated heterocycles. The van der Waals surface area contributed by atoms with Gasteiger partial charge in [-0.05, 0) is 36.8 Å². The average Bonchev–Trinajstić information content (AvgIpc) is 2.73. The molecule has 2 aromatic carbocycles. The molecule has 2 aromatic rings. The van der Waals surface area contributed by atoms with Crippen molar-refractivity contribution < 1.29 is 4.79 Å². The highest BCUT2D eigenvalue weighted by Crippen LogP contribution is 2.35. The van der Waals surface area contributed by atoms with Gasteiger partial charge in [0.25, 0.3) is 5.91 Å². The summed E-state index contributed by atoms with van der Waals surface area (Å²) in [5, 5.41) is 12.4. The number of amidine groups is 1. The first-order valence-electron chi connectivity index (χ1n) is 10.1. The highest BCUT2D eigenvalue weighted by molar-refractivity contribution is 9.10. The molecule has 2 aliphatic heterocycles. The van der Waals surface area contributed by atoms with Crippen molar-refractivity contribution in [2.75, 3.05) is 5.75 Å². The Morgan fingerprint density at radius 1 is 1.16 bits per heavy atom. The van der Waals surface area contributed by atoms with Gasteiger partial charge in [-0.3, -0.25) is 15.1 Å². The van der Waals surface area contributed by atoms with Crippen LogP contribution >= 0.6 is 50.9 Å². The number of hydrogen-bond acceptors (Lipinski definition) is 5. The predicted octanol–water partition coefficient (Wildman–Crippen LogP) is 5.21. The summed E-state index contributed by atoms with van der Waals surface area (Å²) in [7, 11) is 0. The summed E-state index contributed by atoms with van der Waals surface area (Å²) in [5.41, 5.74) is 1.19. The Morgan fingerprint density at radius 2 is 2.00 bits per heavy atom. The molecule has 2 aliphatic rings. The van der Waals surface area contributed by atoms with Gasteiger partial charge in [0.2, 0.25) is 0 Å². The van der Waals surface area contributed by atoms with E-state index in [2.05, 4.69) is 28.2 Å². The first kappa shape index (κ1) is 22.6. The molecular formula is C22H21BrCl2N4OS. The molecule has 162 valence electrons. The van der Waals surface area contributed by atoms with Gasteiger partial charge in [-0.1, -0.05) is 83.1 Å². The zero-order valence-corrected chi connectivity index (χ0v) is 20.8. The molecule has 1 unspecified atom stereocenters. The van der Waals surface area contributed by atoms with E-state index in [4.69, 9.17) is 33.3 Å². The maximum Gasteiger partial charge on any atom is 0.276 e. The van der Waals surface area contributed by atoms with E-state index in [1.54, 1.807) is 28.9 Å². The van der Waals surface area contributed by atoms with Gasteiger partial charge in [-0.25, -0.2) is 5.01 Å². The van der Waals surface area contributed by atoms with Crippen molar-refractivity contribution in [2.24, 2.45) is 10.1 Å². The largest absolute Gasteiger partial charge is 0.298 e. The number of unbranched alkanes of at least 4 members (excludes halogenated alkanes) is 3. The van der Waals surface area contributed by atoms with E-state index < -0.39 is 6.17 Å². The normalized spacial score (nSPS) is 17.5. The van der Waals surface area contributed by atoms with Crippen LogP contribution in [-0.2, 0) is 4.79 Å². The lowest BCUT2D eigenvalue weighted by atomic mass is 10.1. The minimum absolute atomic E-state index is 0.199. The second kappa shape index (κ2) is 9.94. The maximum absolute atomic E-state index is 13.2. The standard InChI is InChI=1S/C22H21BrCl2N4OS/c1-2-3-4-5-10-31-22-27-21(30)19-16-11-13(23)6-9-18(16)26-20(29(19)28-22)15-8-7-14(24)12-17(15)25/h6-9,11-12,20H,2-5,10H2,1H3,(H,27,28,30). The quantitative estimate of drug-likeness (QED) is 0.512. The number of nitrogens with one attached hydrogen (secondary N) is 1. The molecule has 9 heteroatoms. The van der Waals surface area contributed by atoms with E-state index in [9.17, 15) is 4.79 Å². The van der Waals surface area contributed by atoms with Gasteiger partial charge >= 0.3 is 0 Å². The smallest absolute Gasteiger partial charge is 0.276 e. The molecule has 1 amide bonds. The molecule has 0 aliphatic carbocycles. The molecule has 1 atom stereocenters. The van der Waals surface area contributed by atoms with Crippen molar-refractivity contribution in [1.82, 2.24) is 10.3 Å². The van der Waals surface area contributed by atoms with E-state index in [1.807, 2.05) is 24.3 Å². The molecule has 4 rings (SSSR count). The van der Waals surface area contributed by atoms with Crippen LogP contribution < -0.4 is 15.9 Å². The third-order valence-corrected chi connectivity index (χ3v) is 7.05. The summed E-state index contributed by atoms with van der Waals surface area (Å²) >= 11 is 17.7. The average molecular weight is 540 g/mol. The molecule has 31 heavy (non-hydrogen) atoms. The Kier molecular flexibility index (Phi) is 7.26. The number of thioether (sulfide) groups is 1. The lowest BCUT2D eigenvalue weighted by molar-refractivity contribution is -0.116. The summed E-state index contributed by atoms with van der Waals surface area (Å²) < 4.78 is 0.866. The number of hydrazone groups is 1. The van der Waals surface area contributed by atoms with Crippen LogP contribution in [0.25, 0.3) is 5.70 Å². The number of rotatable bonds is 6. The lowest BCUT2D eigenvalue weighted by Gasteiger charge is -2.34. The lowest BCUT2D eigenvalue weighted by Crippen LogP contribution is -2.50. The van der Waals surface area contributed by atoms with Crippen molar-refractivity contribution in [3.8, 4) is 0 Å². The van der Waals surface area contributed by atoms with E-state index in [1.165, 1.54) is 19.3 Å². The van der Waals surface area contributed by atoms with Crippen molar-refractivity contribution in [3.63, 3.8) is 0 Å². The SMILES string of the molecule is CCCCCCSC1=NN2C(=c3cc(Br)ccc3=NC2c2ccc(Cl)cc2Cl)C(=O)N1. The summed E-state index contributed by atoms with van der Waals surface area (Å²) in [6.07, 6.45) is 4.09. The number of amides is 1. The number of carbonyl (C=O) groups is 1. The molecule has 1 N–H and O–H groups in total. The highest BCUT2D eigenvalue weighted by atomic mass is 79.9. The van der Waals surface area contributed by atoms with Crippen molar-refractivity contribution >= 4 is 67.7 Å². The number of hydrogen-bond donors (Lipinski definition) is 1. The second-order valence-corrected chi connectivity index (χ2v) is 10.1. The fourth-order valence-corrected chi connectivity index (χ4v) is 5.25. The van der Waals surface area contributed by atoms with Crippen molar-refractivity contribution in [3.05, 3.63) is 67.1 Å². The summed E-state index contributed by atoms with van der Waals surface area (Å²) in [5.74, 6) is 0.698. The fraction of sp³-hybridized carbons (Fsp3) is 0.318. The Bertz CT molecular complexity index is 1170. The highest BCUT2D eigenvalue weighted by Gasteiger charge is 2.35. The molecule has 5 nitrogen and oxygen atoms in total. The minimum atomic E-state index is -0.560. The maximum atomic E-state index is 13.2. The topological polar surface area (TPSA) is 57.1 Å². The van der Waals surface area contributed by atoms with Crippen LogP contribution in [0.1, 0.15) is 44.3 Å². The molecule has 0 saturated carbocycles. The molecule has 0 radical (unpaired) electrons. The van der Waals surface area contributed by atoms with Crippen molar-refractivity contribution in [2.45, 2.75) is 38.8 Å². The van der Waals surface area contributed by atoms with Crippen molar-refractivity contribution in [1.29, 1.82) is 0 Å². The summed E-state index contributed by atoms with van der Waals surface area (Å²) in [6.45, 7) is 2.19. The third-order valence-electron chi connectivity index (χ3n) is 5.05. The minimum Gasteiger partial charge on any atom is -0.298 e. The monoisotopic (exact) mass is 538 g/mol. The zero-order chi connectivity index (χ0) is 22.0. The van der Waals surface area contributed by atoms with Gasteiger partial charge < -0.3 is 0 Å². The predicted molar refractivity (Wildman–Crippen MR) is 132 cm³/mol. The first-order chi connectivity index (χ1) is 15.0. The molecule has 0 spiro atoms. The van der Waals surface area contributed by atoms with Crippen LogP contribution in [0.3, 0.4) is 0 Å². The van der Waals surface area contributed by atoms with Gasteiger partial charge in [0.1, 0.15) is 5.70 Å². The number of nitrogens with zero attached hydrogens (tertiary/aromatic N) is 3. The third kappa shape index (κ3) is 4.95. The Balaban J connectivity index is 1.77. The summed E-state index contributed by atoms with van der Waals surface area (Å²) in [4.78, 5) is 18.1. The Labute approximate surface area is 203 Å². The Hall–Kier alpha value is -1.54. The number of carbonyl (C=O) groups excluding carboxylic acids is 1. The van der Waals surface area contributed by atoms with Crippen LogP contribution in [0.2, 0.25) is 10.0 Å². The van der Waals surface area contributed by atoms with Gasteiger partial charge in [0.05, 0.1) is 5.36 Å². The van der Waals surface area contributed by atoms with Crippen LogP contribution in [0.15, 0.2) is 51.0 Å². The number of benzene rings is 2. The van der Waals surface area contributed by atoms with Crippen LogP contribution in [0.4, 0.5) is 0 Å². The van der Waals surface area contributed by atoms with E-state index in [-0.39, 0.29) is 5.91 Å². The zero-order valence-electron chi connectivity index (χ0n) is 16.9. The molecule has 0 fully saturated rings. The second-order valence-electron chi connectivity index (χ2n) is 7.29. The molecule has 2 heterocycles. The number of halogens is 3. The van der Waals surface area contributed by atoms with Gasteiger partial charge in [-0.2, -0.15) is 0 Å². The van der Waals surface area contributed by atoms with Crippen LogP contribution in [-0.4, -0.2) is 21.8 Å². The van der Waals surface area contributed by atoms with Crippen LogP contribution in [0, 0.1) is 0 Å². The molecular weight excluding hydrogens is 519 g/mol.